The first-order valence-electron chi connectivity index (χ1n) is 12.2. The van der Waals surface area contributed by atoms with Gasteiger partial charge >= 0.3 is 24.1 Å². The van der Waals surface area contributed by atoms with E-state index < -0.39 is 71.6 Å². The first kappa shape index (κ1) is 33.1. The van der Waals surface area contributed by atoms with Gasteiger partial charge in [0.1, 0.15) is 23.3 Å². The molecule has 2 N–H and O–H groups in total. The summed E-state index contributed by atoms with van der Waals surface area (Å²) in [4.78, 5) is 91.0. The number of nitrogens with zero attached hydrogens (tertiary/aromatic N) is 2. The van der Waals surface area contributed by atoms with E-state index in [0.717, 1.165) is 11.8 Å². The molecule has 0 saturated carbocycles. The maximum atomic E-state index is 13.1. The molecule has 1 fully saturated rings. The van der Waals surface area contributed by atoms with E-state index in [1.54, 1.807) is 41.5 Å². The van der Waals surface area contributed by atoms with Gasteiger partial charge in [-0.1, -0.05) is 0 Å². The molecule has 0 aromatic carbocycles. The number of hydroxylamine groups is 2. The second-order valence-corrected chi connectivity index (χ2v) is 10.7. The van der Waals surface area contributed by atoms with Gasteiger partial charge in [-0.05, 0) is 41.5 Å². The summed E-state index contributed by atoms with van der Waals surface area (Å²) in [7, 11) is 1.24. The number of carbonyl (C=O) groups is 7. The van der Waals surface area contributed by atoms with Gasteiger partial charge in [-0.15, -0.1) is 5.06 Å². The molecular formula is C24H38N4O11. The van der Waals surface area contributed by atoms with Crippen LogP contribution in [-0.4, -0.2) is 95.3 Å². The van der Waals surface area contributed by atoms with Crippen molar-refractivity contribution in [1.29, 1.82) is 0 Å². The minimum atomic E-state index is -1.52. The molecule has 220 valence electrons. The molecule has 0 aliphatic carbocycles. The van der Waals surface area contributed by atoms with E-state index in [4.69, 9.17) is 19.0 Å². The van der Waals surface area contributed by atoms with Crippen LogP contribution in [0.5, 0.6) is 0 Å². The largest absolute Gasteiger partial charge is 0.457 e. The molecule has 1 aliphatic rings. The molecule has 0 bridgehead atoms. The summed E-state index contributed by atoms with van der Waals surface area (Å²) in [5.74, 6) is -4.24. The molecule has 5 amide bonds. The molecule has 1 saturated heterocycles. The normalized spacial score (nSPS) is 14.4. The van der Waals surface area contributed by atoms with Gasteiger partial charge in [-0.3, -0.25) is 14.4 Å². The molecule has 1 aliphatic heterocycles. The lowest BCUT2D eigenvalue weighted by Crippen LogP contribution is -2.49. The highest BCUT2D eigenvalue weighted by Crippen LogP contribution is 2.15. The van der Waals surface area contributed by atoms with Crippen LogP contribution in [0.3, 0.4) is 0 Å². The second kappa shape index (κ2) is 13.8. The molecule has 1 rings (SSSR count). The van der Waals surface area contributed by atoms with Gasteiger partial charge in [0.25, 0.3) is 11.8 Å². The Balaban J connectivity index is 3.00. The van der Waals surface area contributed by atoms with Crippen LogP contribution in [0.15, 0.2) is 0 Å². The van der Waals surface area contributed by atoms with E-state index in [0.29, 0.717) is 5.06 Å². The van der Waals surface area contributed by atoms with Crippen LogP contribution >= 0.6 is 0 Å². The monoisotopic (exact) mass is 558 g/mol. The molecule has 0 radical (unpaired) electrons. The molecule has 0 aromatic rings. The van der Waals surface area contributed by atoms with E-state index in [1.165, 1.54) is 7.05 Å². The van der Waals surface area contributed by atoms with E-state index >= 15 is 0 Å². The Hall–Kier alpha value is -3.91. The number of ether oxygens (including phenoxy) is 3. The van der Waals surface area contributed by atoms with Crippen molar-refractivity contribution in [1.82, 2.24) is 20.6 Å². The number of nitrogens with one attached hydrogen (secondary N) is 2. The van der Waals surface area contributed by atoms with Crippen molar-refractivity contribution < 1.29 is 52.6 Å². The molecule has 0 unspecified atom stereocenters. The fourth-order valence-corrected chi connectivity index (χ4v) is 2.97. The predicted molar refractivity (Wildman–Crippen MR) is 132 cm³/mol. The Morgan fingerprint density at radius 1 is 0.872 bits per heavy atom. The SMILES string of the molecule is CC(=O)N(C)[C@@H](CC(=O)ON1C(=O)CCC1=O)C(=O)OC(CNC(=O)OC(C)(C)C)CNC(=O)OC(C)(C)C. The van der Waals surface area contributed by atoms with Gasteiger partial charge < -0.3 is 34.6 Å². The summed E-state index contributed by atoms with van der Waals surface area (Å²) >= 11 is 0. The molecule has 39 heavy (non-hydrogen) atoms. The molecular weight excluding hydrogens is 520 g/mol. The number of amides is 5. The summed E-state index contributed by atoms with van der Waals surface area (Å²) in [6.45, 7) is 10.4. The number of alkyl carbamates (subject to hydrolysis) is 2. The fourth-order valence-electron chi connectivity index (χ4n) is 2.97. The van der Waals surface area contributed by atoms with E-state index in [1.807, 2.05) is 0 Å². The maximum Gasteiger partial charge on any atom is 0.407 e. The number of likely N-dealkylation sites (N-methyl/N-ethyl adjacent to an activating group) is 1. The summed E-state index contributed by atoms with van der Waals surface area (Å²) in [6, 6.07) is -1.52. The van der Waals surface area contributed by atoms with Crippen LogP contribution in [0.2, 0.25) is 0 Å². The van der Waals surface area contributed by atoms with Crippen LogP contribution < -0.4 is 10.6 Å². The highest BCUT2D eigenvalue weighted by Gasteiger charge is 2.37. The summed E-state index contributed by atoms with van der Waals surface area (Å²) in [5, 5.41) is 5.16. The Bertz CT molecular complexity index is 920. The Kier molecular flexibility index (Phi) is 11.7. The topological polar surface area (TPSA) is 187 Å². The van der Waals surface area contributed by atoms with Crippen molar-refractivity contribution in [2.75, 3.05) is 20.1 Å². The molecule has 15 heteroatoms. The Labute approximate surface area is 226 Å². The number of carbonyl (C=O) groups excluding carboxylic acids is 7. The number of hydrogen-bond acceptors (Lipinski definition) is 11. The lowest BCUT2D eigenvalue weighted by molar-refractivity contribution is -0.198. The number of esters is 1. The third kappa shape index (κ3) is 12.5. The zero-order valence-electron chi connectivity index (χ0n) is 23.6. The number of hydrogen-bond donors (Lipinski definition) is 2. The quantitative estimate of drug-likeness (QED) is 0.219. The molecule has 15 nitrogen and oxygen atoms in total. The average Bonchev–Trinajstić information content (AvgIpc) is 3.08. The maximum absolute atomic E-state index is 13.1. The third-order valence-corrected chi connectivity index (χ3v) is 4.82. The van der Waals surface area contributed by atoms with Crippen molar-refractivity contribution >= 4 is 41.8 Å². The predicted octanol–water partition coefficient (Wildman–Crippen LogP) is 0.792. The van der Waals surface area contributed by atoms with Crippen LogP contribution in [0, 0.1) is 0 Å². The summed E-state index contributed by atoms with van der Waals surface area (Å²) in [5.41, 5.74) is -1.61. The van der Waals surface area contributed by atoms with Crippen LogP contribution in [-0.2, 0) is 43.0 Å². The number of imide groups is 1. The lowest BCUT2D eigenvalue weighted by Gasteiger charge is -2.28. The second-order valence-electron chi connectivity index (χ2n) is 10.7. The fraction of sp³-hybridized carbons (Fsp3) is 0.708. The van der Waals surface area contributed by atoms with Crippen LogP contribution in [0.25, 0.3) is 0 Å². The van der Waals surface area contributed by atoms with Crippen molar-refractivity contribution in [3.63, 3.8) is 0 Å². The van der Waals surface area contributed by atoms with Crippen molar-refractivity contribution in [2.24, 2.45) is 0 Å². The van der Waals surface area contributed by atoms with E-state index in [9.17, 15) is 33.6 Å². The van der Waals surface area contributed by atoms with Gasteiger partial charge in [0.2, 0.25) is 5.91 Å². The zero-order chi connectivity index (χ0) is 30.1. The Morgan fingerprint density at radius 2 is 1.31 bits per heavy atom. The van der Waals surface area contributed by atoms with E-state index in [-0.39, 0.29) is 25.9 Å². The van der Waals surface area contributed by atoms with E-state index in [2.05, 4.69) is 10.6 Å². The highest BCUT2D eigenvalue weighted by molar-refractivity contribution is 6.01. The van der Waals surface area contributed by atoms with Crippen molar-refractivity contribution in [3.05, 3.63) is 0 Å². The lowest BCUT2D eigenvalue weighted by atomic mass is 10.2. The minimum Gasteiger partial charge on any atom is -0.457 e. The smallest absolute Gasteiger partial charge is 0.407 e. The average molecular weight is 559 g/mol. The molecule has 0 aromatic heterocycles. The third-order valence-electron chi connectivity index (χ3n) is 4.82. The minimum absolute atomic E-state index is 0.123. The Morgan fingerprint density at radius 3 is 1.69 bits per heavy atom. The summed E-state index contributed by atoms with van der Waals surface area (Å²) in [6.07, 6.45) is -3.82. The van der Waals surface area contributed by atoms with Crippen molar-refractivity contribution in [3.8, 4) is 0 Å². The van der Waals surface area contributed by atoms with Crippen molar-refractivity contribution in [2.45, 2.75) is 91.1 Å². The van der Waals surface area contributed by atoms with Gasteiger partial charge in [-0.25, -0.2) is 19.2 Å². The van der Waals surface area contributed by atoms with Gasteiger partial charge in [0.15, 0.2) is 0 Å². The highest BCUT2D eigenvalue weighted by atomic mass is 16.7. The molecule has 1 heterocycles. The number of rotatable bonds is 10. The summed E-state index contributed by atoms with van der Waals surface area (Å²) < 4.78 is 15.7. The van der Waals surface area contributed by atoms with Gasteiger partial charge in [-0.2, -0.15) is 0 Å². The molecule has 1 atom stereocenters. The standard InChI is InChI=1S/C24H38N4O11/c1-14(29)27(8)16(11-19(32)39-28-17(30)9-10-18(28)31)20(33)36-15(12-25-21(34)37-23(2,3)4)13-26-22(35)38-24(5,6)7/h15-16H,9-13H2,1-8H3,(H,25,34)(H,26,35)/t16-/m0/s1. The van der Waals surface area contributed by atoms with Gasteiger partial charge in [0, 0.05) is 26.8 Å². The molecule has 0 spiro atoms. The van der Waals surface area contributed by atoms with Crippen LogP contribution in [0.1, 0.15) is 67.7 Å². The first-order valence-corrected chi connectivity index (χ1v) is 12.2. The first-order chi connectivity index (χ1) is 17.8. The zero-order valence-corrected chi connectivity index (χ0v) is 23.6. The van der Waals surface area contributed by atoms with Gasteiger partial charge in [0.05, 0.1) is 19.5 Å². The van der Waals surface area contributed by atoms with Crippen LogP contribution in [0.4, 0.5) is 9.59 Å².